The summed E-state index contributed by atoms with van der Waals surface area (Å²) in [6.45, 7) is 1.60. The Labute approximate surface area is 141 Å². The lowest BCUT2D eigenvalue weighted by molar-refractivity contribution is 0.102. The van der Waals surface area contributed by atoms with Crippen molar-refractivity contribution in [2.45, 2.75) is 6.92 Å². The zero-order chi connectivity index (χ0) is 18.3. The molecule has 0 atom stereocenters. The van der Waals surface area contributed by atoms with Crippen LogP contribution < -0.4 is 16.6 Å². The van der Waals surface area contributed by atoms with Crippen LogP contribution in [0, 0.1) is 12.7 Å². The van der Waals surface area contributed by atoms with Crippen molar-refractivity contribution in [3.05, 3.63) is 68.2 Å². The summed E-state index contributed by atoms with van der Waals surface area (Å²) in [6, 6.07) is 5.59. The molecule has 0 spiro atoms. The second kappa shape index (κ2) is 5.97. The van der Waals surface area contributed by atoms with Crippen LogP contribution in [0.3, 0.4) is 0 Å². The fourth-order valence-electron chi connectivity index (χ4n) is 2.47. The molecule has 0 aliphatic carbocycles. The number of pyridine rings is 1. The molecule has 128 valence electrons. The zero-order valence-corrected chi connectivity index (χ0v) is 13.8. The van der Waals surface area contributed by atoms with Crippen molar-refractivity contribution in [2.24, 2.45) is 14.1 Å². The first-order valence-electron chi connectivity index (χ1n) is 7.43. The molecule has 0 aliphatic heterocycles. The Balaban J connectivity index is 2.02. The smallest absolute Gasteiger partial charge is 0.321 e. The molecule has 0 saturated carbocycles. The van der Waals surface area contributed by atoms with Crippen molar-refractivity contribution in [1.82, 2.24) is 14.1 Å². The number of carbonyl (C=O) groups excluding carboxylic acids is 1. The summed E-state index contributed by atoms with van der Waals surface area (Å²) in [6.07, 6.45) is 1.34. The van der Waals surface area contributed by atoms with Gasteiger partial charge in [0.25, 0.3) is 11.5 Å². The molecule has 0 unspecified atom stereocenters. The van der Waals surface area contributed by atoms with E-state index in [1.165, 1.54) is 43.1 Å². The van der Waals surface area contributed by atoms with E-state index >= 15 is 0 Å². The lowest BCUT2D eigenvalue weighted by Gasteiger charge is -2.09. The molecule has 0 radical (unpaired) electrons. The lowest BCUT2D eigenvalue weighted by Crippen LogP contribution is -2.37. The van der Waals surface area contributed by atoms with Gasteiger partial charge in [0.05, 0.1) is 17.3 Å². The summed E-state index contributed by atoms with van der Waals surface area (Å²) in [5.41, 5.74) is 0.0756. The number of hydrogen-bond donors (Lipinski definition) is 1. The highest BCUT2D eigenvalue weighted by atomic mass is 19.1. The van der Waals surface area contributed by atoms with Gasteiger partial charge in [0, 0.05) is 19.7 Å². The molecule has 1 aromatic carbocycles. The number of nitrogens with zero attached hydrogens (tertiary/aromatic N) is 3. The van der Waals surface area contributed by atoms with Gasteiger partial charge in [-0.05, 0) is 30.7 Å². The molecular formula is C17H15FN4O3. The van der Waals surface area contributed by atoms with E-state index < -0.39 is 23.0 Å². The molecule has 0 bridgehead atoms. The third-order valence-electron chi connectivity index (χ3n) is 3.99. The minimum absolute atomic E-state index is 0.150. The fourth-order valence-corrected chi connectivity index (χ4v) is 2.47. The number of halogens is 1. The molecule has 0 fully saturated rings. The number of aryl methyl sites for hydroxylation is 2. The van der Waals surface area contributed by atoms with Crippen LogP contribution in [0.2, 0.25) is 0 Å². The highest BCUT2D eigenvalue weighted by molar-refractivity contribution is 6.04. The van der Waals surface area contributed by atoms with Gasteiger partial charge in [0.1, 0.15) is 11.5 Å². The van der Waals surface area contributed by atoms with Crippen LogP contribution in [0.5, 0.6) is 0 Å². The van der Waals surface area contributed by atoms with Gasteiger partial charge in [-0.15, -0.1) is 0 Å². The highest BCUT2D eigenvalue weighted by Crippen LogP contribution is 2.15. The first kappa shape index (κ1) is 16.6. The third kappa shape index (κ3) is 2.82. The lowest BCUT2D eigenvalue weighted by atomic mass is 10.1. The Morgan fingerprint density at radius 1 is 1.16 bits per heavy atom. The van der Waals surface area contributed by atoms with E-state index in [2.05, 4.69) is 10.3 Å². The minimum Gasteiger partial charge on any atom is -0.321 e. The van der Waals surface area contributed by atoms with E-state index in [0.717, 1.165) is 10.6 Å². The Kier molecular flexibility index (Phi) is 3.96. The van der Waals surface area contributed by atoms with E-state index in [0.29, 0.717) is 5.56 Å². The molecule has 1 amide bonds. The highest BCUT2D eigenvalue weighted by Gasteiger charge is 2.13. The second-order valence-corrected chi connectivity index (χ2v) is 5.72. The van der Waals surface area contributed by atoms with Crippen molar-refractivity contribution in [2.75, 3.05) is 5.32 Å². The Bertz CT molecular complexity index is 1130. The molecule has 0 aliphatic rings. The summed E-state index contributed by atoms with van der Waals surface area (Å²) >= 11 is 0. The Hall–Kier alpha value is -3.29. The topological polar surface area (TPSA) is 86.0 Å². The van der Waals surface area contributed by atoms with Gasteiger partial charge in [0.2, 0.25) is 0 Å². The van der Waals surface area contributed by atoms with Crippen LogP contribution in [0.4, 0.5) is 10.1 Å². The van der Waals surface area contributed by atoms with Crippen LogP contribution in [0.15, 0.2) is 40.1 Å². The van der Waals surface area contributed by atoms with Crippen LogP contribution in [-0.4, -0.2) is 20.0 Å². The van der Waals surface area contributed by atoms with Crippen LogP contribution in [0.25, 0.3) is 11.0 Å². The summed E-state index contributed by atoms with van der Waals surface area (Å²) in [5, 5.41) is 2.77. The van der Waals surface area contributed by atoms with E-state index in [-0.39, 0.29) is 22.3 Å². The maximum absolute atomic E-state index is 13.6. The summed E-state index contributed by atoms with van der Waals surface area (Å²) in [5.74, 6) is -1.00. The number of amides is 1. The van der Waals surface area contributed by atoms with Crippen molar-refractivity contribution >= 4 is 22.6 Å². The monoisotopic (exact) mass is 342 g/mol. The van der Waals surface area contributed by atoms with E-state index in [1.54, 1.807) is 6.92 Å². The molecule has 3 aromatic rings. The van der Waals surface area contributed by atoms with Crippen molar-refractivity contribution in [3.63, 3.8) is 0 Å². The van der Waals surface area contributed by atoms with Crippen LogP contribution in [-0.2, 0) is 14.1 Å². The summed E-state index contributed by atoms with van der Waals surface area (Å²) < 4.78 is 15.8. The van der Waals surface area contributed by atoms with Gasteiger partial charge in [-0.3, -0.25) is 18.7 Å². The number of fused-ring (bicyclic) bond motifs is 1. The predicted octanol–water partition coefficient (Wildman–Crippen LogP) is 1.33. The predicted molar refractivity (Wildman–Crippen MR) is 91.3 cm³/mol. The Morgan fingerprint density at radius 3 is 2.56 bits per heavy atom. The average Bonchev–Trinajstić information content (AvgIpc) is 2.60. The number of benzene rings is 1. The molecule has 25 heavy (non-hydrogen) atoms. The van der Waals surface area contributed by atoms with Gasteiger partial charge in [-0.1, -0.05) is 6.07 Å². The quantitative estimate of drug-likeness (QED) is 0.761. The van der Waals surface area contributed by atoms with Gasteiger partial charge in [-0.25, -0.2) is 14.2 Å². The summed E-state index contributed by atoms with van der Waals surface area (Å²) in [7, 11) is 2.87. The average molecular weight is 342 g/mol. The number of rotatable bonds is 2. The standard InChI is InChI=1S/C17H15FN4O3/c1-9-4-5-10(6-13(9)18)15(23)20-11-7-12-14(19-8-11)21(2)17(25)22(3)16(12)24/h4-8H,1-3H3,(H,20,23). The Morgan fingerprint density at radius 2 is 1.88 bits per heavy atom. The van der Waals surface area contributed by atoms with Gasteiger partial charge < -0.3 is 5.32 Å². The van der Waals surface area contributed by atoms with Gasteiger partial charge >= 0.3 is 5.69 Å². The van der Waals surface area contributed by atoms with E-state index in [9.17, 15) is 18.8 Å². The maximum atomic E-state index is 13.6. The fraction of sp³-hybridized carbons (Fsp3) is 0.176. The molecule has 3 rings (SSSR count). The largest absolute Gasteiger partial charge is 0.332 e. The zero-order valence-electron chi connectivity index (χ0n) is 13.8. The van der Waals surface area contributed by atoms with Gasteiger partial charge in [-0.2, -0.15) is 0 Å². The van der Waals surface area contributed by atoms with E-state index in [4.69, 9.17) is 0 Å². The first-order chi connectivity index (χ1) is 11.8. The number of anilines is 1. The van der Waals surface area contributed by atoms with Crippen LogP contribution >= 0.6 is 0 Å². The van der Waals surface area contributed by atoms with Gasteiger partial charge in [0.15, 0.2) is 0 Å². The van der Waals surface area contributed by atoms with Crippen molar-refractivity contribution < 1.29 is 9.18 Å². The van der Waals surface area contributed by atoms with E-state index in [1.807, 2.05) is 0 Å². The SMILES string of the molecule is Cc1ccc(C(=O)Nc2cnc3c(c2)c(=O)n(C)c(=O)n3C)cc1F. The summed E-state index contributed by atoms with van der Waals surface area (Å²) in [4.78, 5) is 40.5. The molecule has 7 nitrogen and oxygen atoms in total. The minimum atomic E-state index is -0.526. The first-order valence-corrected chi connectivity index (χ1v) is 7.43. The number of nitrogens with one attached hydrogen (secondary N) is 1. The number of carbonyl (C=O) groups is 1. The molecule has 8 heteroatoms. The maximum Gasteiger partial charge on any atom is 0.332 e. The van der Waals surface area contributed by atoms with Crippen molar-refractivity contribution in [3.8, 4) is 0 Å². The normalized spacial score (nSPS) is 10.9. The second-order valence-electron chi connectivity index (χ2n) is 5.72. The molecule has 1 N–H and O–H groups in total. The van der Waals surface area contributed by atoms with Crippen LogP contribution in [0.1, 0.15) is 15.9 Å². The molecule has 2 aromatic heterocycles. The molecular weight excluding hydrogens is 327 g/mol. The number of aromatic nitrogens is 3. The molecule has 2 heterocycles. The molecule has 0 saturated heterocycles. The van der Waals surface area contributed by atoms with Crippen molar-refractivity contribution in [1.29, 1.82) is 0 Å². The number of hydrogen-bond acceptors (Lipinski definition) is 4. The third-order valence-corrected chi connectivity index (χ3v) is 3.99.